The van der Waals surface area contributed by atoms with Gasteiger partial charge in [0.1, 0.15) is 0 Å². The molecule has 144 valence electrons. The van der Waals surface area contributed by atoms with Crippen molar-refractivity contribution in [3.8, 4) is 11.5 Å². The Kier molecular flexibility index (Phi) is 6.04. The van der Waals surface area contributed by atoms with Crippen LogP contribution in [0.5, 0.6) is 11.5 Å². The van der Waals surface area contributed by atoms with Gasteiger partial charge in [-0.15, -0.1) is 0 Å². The minimum absolute atomic E-state index is 0.0675. The highest BCUT2D eigenvalue weighted by Gasteiger charge is 2.35. The van der Waals surface area contributed by atoms with Crippen molar-refractivity contribution in [3.63, 3.8) is 0 Å². The van der Waals surface area contributed by atoms with Gasteiger partial charge in [-0.2, -0.15) is 0 Å². The summed E-state index contributed by atoms with van der Waals surface area (Å²) < 4.78 is 11.0. The van der Waals surface area contributed by atoms with E-state index >= 15 is 0 Å². The summed E-state index contributed by atoms with van der Waals surface area (Å²) in [6, 6.07) is 14.3. The standard InChI is InChI=1S/C23H29NO3/c1-5-16(6-2)23(25)24-13-12-18-14-20(26-3)21(27-4)15-19(18)22(24)17-10-8-7-9-11-17/h7-11,14-16,22H,5-6,12-13H2,1-4H3/t22-/m1/s1. The molecule has 2 aromatic carbocycles. The van der Waals surface area contributed by atoms with Crippen molar-refractivity contribution in [1.29, 1.82) is 0 Å². The molecule has 0 aliphatic carbocycles. The van der Waals surface area contributed by atoms with Gasteiger partial charge in [-0.25, -0.2) is 0 Å². The summed E-state index contributed by atoms with van der Waals surface area (Å²) >= 11 is 0. The molecule has 0 N–H and O–H groups in total. The second-order valence-electron chi connectivity index (χ2n) is 7.01. The van der Waals surface area contributed by atoms with Gasteiger partial charge in [0.2, 0.25) is 5.91 Å². The minimum Gasteiger partial charge on any atom is -0.493 e. The van der Waals surface area contributed by atoms with Crippen molar-refractivity contribution in [2.75, 3.05) is 20.8 Å². The highest BCUT2D eigenvalue weighted by atomic mass is 16.5. The second-order valence-corrected chi connectivity index (χ2v) is 7.01. The summed E-state index contributed by atoms with van der Waals surface area (Å²) in [4.78, 5) is 15.4. The van der Waals surface area contributed by atoms with E-state index in [-0.39, 0.29) is 17.9 Å². The number of carbonyl (C=O) groups is 1. The number of carbonyl (C=O) groups excluding carboxylic acids is 1. The van der Waals surface area contributed by atoms with Gasteiger partial charge in [-0.05, 0) is 48.1 Å². The lowest BCUT2D eigenvalue weighted by molar-refractivity contribution is -0.137. The Morgan fingerprint density at radius 1 is 1.07 bits per heavy atom. The first-order chi connectivity index (χ1) is 13.1. The fourth-order valence-corrected chi connectivity index (χ4v) is 4.05. The van der Waals surface area contributed by atoms with Crippen LogP contribution in [0, 0.1) is 5.92 Å². The number of rotatable bonds is 6. The van der Waals surface area contributed by atoms with E-state index in [1.54, 1.807) is 14.2 Å². The Bertz CT molecular complexity index is 784. The third-order valence-electron chi connectivity index (χ3n) is 5.61. The molecule has 1 heterocycles. The maximum absolute atomic E-state index is 13.3. The topological polar surface area (TPSA) is 38.8 Å². The average molecular weight is 367 g/mol. The van der Waals surface area contributed by atoms with Crippen LogP contribution in [0.4, 0.5) is 0 Å². The second kappa shape index (κ2) is 8.47. The predicted molar refractivity (Wildman–Crippen MR) is 107 cm³/mol. The molecule has 1 atom stereocenters. The monoisotopic (exact) mass is 367 g/mol. The number of nitrogens with zero attached hydrogens (tertiary/aromatic N) is 1. The van der Waals surface area contributed by atoms with Crippen LogP contribution in [0.2, 0.25) is 0 Å². The van der Waals surface area contributed by atoms with Crippen LogP contribution in [0.3, 0.4) is 0 Å². The molecule has 1 aliphatic rings. The van der Waals surface area contributed by atoms with Crippen molar-refractivity contribution in [2.45, 2.75) is 39.2 Å². The summed E-state index contributed by atoms with van der Waals surface area (Å²) in [5.74, 6) is 1.75. The molecule has 1 amide bonds. The Morgan fingerprint density at radius 3 is 2.30 bits per heavy atom. The van der Waals surface area contributed by atoms with E-state index < -0.39 is 0 Å². The zero-order chi connectivity index (χ0) is 19.4. The number of methoxy groups -OCH3 is 2. The van der Waals surface area contributed by atoms with E-state index in [0.29, 0.717) is 5.75 Å². The smallest absolute Gasteiger partial charge is 0.226 e. The molecule has 1 aliphatic heterocycles. The lowest BCUT2D eigenvalue weighted by Crippen LogP contribution is -2.43. The summed E-state index contributed by atoms with van der Waals surface area (Å²) in [6.45, 7) is 4.90. The highest BCUT2D eigenvalue weighted by molar-refractivity contribution is 5.80. The van der Waals surface area contributed by atoms with Crippen molar-refractivity contribution >= 4 is 5.91 Å². The summed E-state index contributed by atoms with van der Waals surface area (Å²) in [6.07, 6.45) is 2.56. The summed E-state index contributed by atoms with van der Waals surface area (Å²) in [5.41, 5.74) is 3.48. The SMILES string of the molecule is CCC(CC)C(=O)N1CCc2cc(OC)c(OC)cc2[C@H]1c1ccccc1. The molecule has 0 bridgehead atoms. The normalized spacial score (nSPS) is 16.2. The molecular formula is C23H29NO3. The van der Waals surface area contributed by atoms with Crippen molar-refractivity contribution in [1.82, 2.24) is 4.90 Å². The maximum Gasteiger partial charge on any atom is 0.226 e. The molecular weight excluding hydrogens is 338 g/mol. The van der Waals surface area contributed by atoms with Crippen molar-refractivity contribution in [3.05, 3.63) is 59.2 Å². The van der Waals surface area contributed by atoms with Gasteiger partial charge >= 0.3 is 0 Å². The Hall–Kier alpha value is -2.49. The van der Waals surface area contributed by atoms with Crippen LogP contribution in [-0.2, 0) is 11.2 Å². The number of hydrogen-bond acceptors (Lipinski definition) is 3. The lowest BCUT2D eigenvalue weighted by Gasteiger charge is -2.39. The van der Waals surface area contributed by atoms with Crippen LogP contribution in [0.1, 0.15) is 49.4 Å². The van der Waals surface area contributed by atoms with E-state index in [0.717, 1.165) is 42.7 Å². The number of benzene rings is 2. The first-order valence-electron chi connectivity index (χ1n) is 9.74. The summed E-state index contributed by atoms with van der Waals surface area (Å²) in [5, 5.41) is 0. The Labute approximate surface area is 162 Å². The highest BCUT2D eigenvalue weighted by Crippen LogP contribution is 2.41. The third-order valence-corrected chi connectivity index (χ3v) is 5.61. The molecule has 3 rings (SSSR count). The molecule has 0 radical (unpaired) electrons. The number of hydrogen-bond donors (Lipinski definition) is 0. The molecule has 4 heteroatoms. The quantitative estimate of drug-likeness (QED) is 0.748. The Morgan fingerprint density at radius 2 is 1.70 bits per heavy atom. The molecule has 0 saturated heterocycles. The molecule has 2 aromatic rings. The van der Waals surface area contributed by atoms with Gasteiger partial charge in [0.05, 0.1) is 20.3 Å². The maximum atomic E-state index is 13.3. The predicted octanol–water partition coefficient (Wildman–Crippen LogP) is 4.61. The fraction of sp³-hybridized carbons (Fsp3) is 0.435. The molecule has 0 saturated carbocycles. The largest absolute Gasteiger partial charge is 0.493 e. The van der Waals surface area contributed by atoms with Gasteiger partial charge < -0.3 is 14.4 Å². The molecule has 0 unspecified atom stereocenters. The lowest BCUT2D eigenvalue weighted by atomic mass is 9.86. The zero-order valence-electron chi connectivity index (χ0n) is 16.7. The average Bonchev–Trinajstić information content (AvgIpc) is 2.73. The first-order valence-corrected chi connectivity index (χ1v) is 9.74. The number of fused-ring (bicyclic) bond motifs is 1. The van der Waals surface area contributed by atoms with Crippen LogP contribution in [0.25, 0.3) is 0 Å². The third kappa shape index (κ3) is 3.66. The molecule has 0 aromatic heterocycles. The molecule has 27 heavy (non-hydrogen) atoms. The van der Waals surface area contributed by atoms with Crippen LogP contribution in [-0.4, -0.2) is 31.6 Å². The first kappa shape index (κ1) is 19.3. The number of amides is 1. The Balaban J connectivity index is 2.12. The molecule has 0 fully saturated rings. The van der Waals surface area contributed by atoms with E-state index in [9.17, 15) is 4.79 Å². The van der Waals surface area contributed by atoms with E-state index in [4.69, 9.17) is 9.47 Å². The van der Waals surface area contributed by atoms with Crippen LogP contribution in [0.15, 0.2) is 42.5 Å². The fourth-order valence-electron chi connectivity index (χ4n) is 4.05. The van der Waals surface area contributed by atoms with Crippen molar-refractivity contribution in [2.24, 2.45) is 5.92 Å². The van der Waals surface area contributed by atoms with Crippen LogP contribution >= 0.6 is 0 Å². The molecule has 0 spiro atoms. The van der Waals surface area contributed by atoms with Gasteiger partial charge in [0.15, 0.2) is 11.5 Å². The van der Waals surface area contributed by atoms with E-state index in [1.165, 1.54) is 5.56 Å². The van der Waals surface area contributed by atoms with Gasteiger partial charge in [-0.1, -0.05) is 44.2 Å². The van der Waals surface area contributed by atoms with E-state index in [1.807, 2.05) is 24.3 Å². The van der Waals surface area contributed by atoms with Gasteiger partial charge in [0.25, 0.3) is 0 Å². The zero-order valence-corrected chi connectivity index (χ0v) is 16.7. The summed E-state index contributed by atoms with van der Waals surface area (Å²) in [7, 11) is 3.31. The van der Waals surface area contributed by atoms with Crippen molar-refractivity contribution < 1.29 is 14.3 Å². The number of ether oxygens (including phenoxy) is 2. The minimum atomic E-state index is -0.0946. The van der Waals surface area contributed by atoms with Gasteiger partial charge in [-0.3, -0.25) is 4.79 Å². The van der Waals surface area contributed by atoms with E-state index in [2.05, 4.69) is 36.9 Å². The molecule has 4 nitrogen and oxygen atoms in total. The van der Waals surface area contributed by atoms with Crippen LogP contribution < -0.4 is 9.47 Å². The van der Waals surface area contributed by atoms with Gasteiger partial charge in [0, 0.05) is 12.5 Å².